The Bertz CT molecular complexity index is 716. The molecule has 1 N–H and O–H groups in total. The molecule has 1 unspecified atom stereocenters. The van der Waals surface area contributed by atoms with E-state index in [0.29, 0.717) is 17.7 Å². The van der Waals surface area contributed by atoms with Gasteiger partial charge in [0.25, 0.3) is 5.91 Å². The highest BCUT2D eigenvalue weighted by Gasteiger charge is 2.27. The number of aliphatic hydroxyl groups excluding tert-OH is 1. The predicted octanol–water partition coefficient (Wildman–Crippen LogP) is 3.13. The van der Waals surface area contributed by atoms with E-state index in [0.717, 1.165) is 37.1 Å². The SMILES string of the molecule is COc1ccc(C(=O)N2CCCCC2CCO)cc1-c1ccccn1. The normalized spacial score (nSPS) is 17.4. The molecule has 1 saturated heterocycles. The third-order valence-electron chi connectivity index (χ3n) is 4.74. The van der Waals surface area contributed by atoms with Crippen LogP contribution in [0.25, 0.3) is 11.3 Å². The van der Waals surface area contributed by atoms with Crippen LogP contribution in [0.2, 0.25) is 0 Å². The standard InChI is InChI=1S/C20H24N2O3/c1-25-19-9-8-15(14-17(19)18-7-2-4-11-21-18)20(24)22-12-5-3-6-16(22)10-13-23/h2,4,7-9,11,14,16,23H,3,5-6,10,12-13H2,1H3. The van der Waals surface area contributed by atoms with Crippen molar-refractivity contribution < 1.29 is 14.6 Å². The Morgan fingerprint density at radius 1 is 1.32 bits per heavy atom. The lowest BCUT2D eigenvalue weighted by Gasteiger charge is -2.35. The minimum Gasteiger partial charge on any atom is -0.496 e. The third-order valence-corrected chi connectivity index (χ3v) is 4.74. The molecule has 1 aliphatic rings. The predicted molar refractivity (Wildman–Crippen MR) is 96.6 cm³/mol. The van der Waals surface area contributed by atoms with Crippen molar-refractivity contribution in [3.8, 4) is 17.0 Å². The number of nitrogens with zero attached hydrogens (tertiary/aromatic N) is 2. The summed E-state index contributed by atoms with van der Waals surface area (Å²) in [5.41, 5.74) is 2.22. The summed E-state index contributed by atoms with van der Waals surface area (Å²) in [6.07, 6.45) is 5.43. The zero-order chi connectivity index (χ0) is 17.6. The highest BCUT2D eigenvalue weighted by atomic mass is 16.5. The van der Waals surface area contributed by atoms with Gasteiger partial charge in [-0.1, -0.05) is 6.07 Å². The van der Waals surface area contributed by atoms with Crippen LogP contribution < -0.4 is 4.74 Å². The molecule has 132 valence electrons. The first-order valence-electron chi connectivity index (χ1n) is 8.76. The molecule has 5 nitrogen and oxygen atoms in total. The van der Waals surface area contributed by atoms with Gasteiger partial charge in [0.15, 0.2) is 0 Å². The maximum atomic E-state index is 13.1. The molecule has 5 heteroatoms. The first-order chi connectivity index (χ1) is 12.2. The first-order valence-corrected chi connectivity index (χ1v) is 8.76. The number of aromatic nitrogens is 1. The molecule has 0 saturated carbocycles. The molecule has 1 fully saturated rings. The Kier molecular flexibility index (Phi) is 5.66. The number of hydrogen-bond donors (Lipinski definition) is 1. The van der Waals surface area contributed by atoms with Crippen molar-refractivity contribution in [1.82, 2.24) is 9.88 Å². The number of piperidine rings is 1. The number of ether oxygens (including phenoxy) is 1. The molecule has 0 bridgehead atoms. The topological polar surface area (TPSA) is 62.7 Å². The summed E-state index contributed by atoms with van der Waals surface area (Å²) >= 11 is 0. The van der Waals surface area contributed by atoms with Crippen molar-refractivity contribution in [2.75, 3.05) is 20.3 Å². The van der Waals surface area contributed by atoms with E-state index in [1.165, 1.54) is 0 Å². The first kappa shape index (κ1) is 17.4. The molecule has 2 aromatic rings. The number of carbonyl (C=O) groups excluding carboxylic acids is 1. The zero-order valence-corrected chi connectivity index (χ0v) is 14.5. The van der Waals surface area contributed by atoms with Gasteiger partial charge in [0.05, 0.1) is 12.8 Å². The van der Waals surface area contributed by atoms with Gasteiger partial charge >= 0.3 is 0 Å². The monoisotopic (exact) mass is 340 g/mol. The molecule has 1 amide bonds. The van der Waals surface area contributed by atoms with E-state index >= 15 is 0 Å². The molecule has 1 atom stereocenters. The van der Waals surface area contributed by atoms with Gasteiger partial charge in [-0.05, 0) is 56.0 Å². The number of carbonyl (C=O) groups is 1. The second-order valence-electron chi connectivity index (χ2n) is 6.29. The Labute approximate surface area is 148 Å². The van der Waals surface area contributed by atoms with Crippen molar-refractivity contribution >= 4 is 5.91 Å². The summed E-state index contributed by atoms with van der Waals surface area (Å²) in [5.74, 6) is 0.707. The fourth-order valence-electron chi connectivity index (χ4n) is 3.45. The average Bonchev–Trinajstić information content (AvgIpc) is 2.68. The molecule has 3 rings (SSSR count). The maximum Gasteiger partial charge on any atom is 0.254 e. The third kappa shape index (κ3) is 3.82. The maximum absolute atomic E-state index is 13.1. The van der Waals surface area contributed by atoms with Crippen LogP contribution in [-0.4, -0.2) is 47.2 Å². The molecule has 0 aliphatic carbocycles. The van der Waals surface area contributed by atoms with Gasteiger partial charge in [0.1, 0.15) is 5.75 Å². The Morgan fingerprint density at radius 3 is 2.92 bits per heavy atom. The van der Waals surface area contributed by atoms with Crippen LogP contribution in [0.1, 0.15) is 36.0 Å². The van der Waals surface area contributed by atoms with Crippen molar-refractivity contribution in [3.63, 3.8) is 0 Å². The lowest BCUT2D eigenvalue weighted by Crippen LogP contribution is -2.44. The Morgan fingerprint density at radius 2 is 2.20 bits per heavy atom. The molecule has 2 heterocycles. The van der Waals surface area contributed by atoms with Gasteiger partial charge in [0.2, 0.25) is 0 Å². The number of rotatable bonds is 5. The van der Waals surface area contributed by atoms with E-state index in [-0.39, 0.29) is 18.6 Å². The van der Waals surface area contributed by atoms with Crippen LogP contribution >= 0.6 is 0 Å². The molecule has 1 aliphatic heterocycles. The summed E-state index contributed by atoms with van der Waals surface area (Å²) in [5, 5.41) is 9.29. The van der Waals surface area contributed by atoms with E-state index in [4.69, 9.17) is 4.74 Å². The molecule has 0 radical (unpaired) electrons. The fraction of sp³-hybridized carbons (Fsp3) is 0.400. The number of benzene rings is 1. The lowest BCUT2D eigenvalue weighted by molar-refractivity contribution is 0.0574. The average molecular weight is 340 g/mol. The summed E-state index contributed by atoms with van der Waals surface area (Å²) in [4.78, 5) is 19.3. The molecule has 1 aromatic heterocycles. The van der Waals surface area contributed by atoms with Crippen molar-refractivity contribution in [3.05, 3.63) is 48.2 Å². The lowest BCUT2D eigenvalue weighted by atomic mass is 9.97. The number of amides is 1. The van der Waals surface area contributed by atoms with Crippen LogP contribution in [-0.2, 0) is 0 Å². The Balaban J connectivity index is 1.93. The van der Waals surface area contributed by atoms with Gasteiger partial charge < -0.3 is 14.7 Å². The van der Waals surface area contributed by atoms with Crippen LogP contribution in [0, 0.1) is 0 Å². The van der Waals surface area contributed by atoms with E-state index in [2.05, 4.69) is 4.98 Å². The van der Waals surface area contributed by atoms with Gasteiger partial charge in [0, 0.05) is 36.5 Å². The smallest absolute Gasteiger partial charge is 0.254 e. The highest BCUT2D eigenvalue weighted by Crippen LogP contribution is 2.31. The van der Waals surface area contributed by atoms with Crippen LogP contribution in [0.5, 0.6) is 5.75 Å². The molecule has 1 aromatic carbocycles. The minimum absolute atomic E-state index is 0.0120. The summed E-state index contributed by atoms with van der Waals surface area (Å²) in [7, 11) is 1.62. The molecule has 0 spiro atoms. The van der Waals surface area contributed by atoms with Gasteiger partial charge in [-0.15, -0.1) is 0 Å². The minimum atomic E-state index is 0.0120. The zero-order valence-electron chi connectivity index (χ0n) is 14.5. The van der Waals surface area contributed by atoms with Crippen molar-refractivity contribution in [2.45, 2.75) is 31.7 Å². The number of methoxy groups -OCH3 is 1. The van der Waals surface area contributed by atoms with Crippen LogP contribution in [0.4, 0.5) is 0 Å². The van der Waals surface area contributed by atoms with Crippen molar-refractivity contribution in [1.29, 1.82) is 0 Å². The van der Waals surface area contributed by atoms with Gasteiger partial charge in [-0.2, -0.15) is 0 Å². The number of hydrogen-bond acceptors (Lipinski definition) is 4. The number of pyridine rings is 1. The molecular formula is C20H24N2O3. The Hall–Kier alpha value is -2.40. The number of aliphatic hydroxyl groups is 1. The number of likely N-dealkylation sites (tertiary alicyclic amines) is 1. The summed E-state index contributed by atoms with van der Waals surface area (Å²) in [6.45, 7) is 0.852. The molecule has 25 heavy (non-hydrogen) atoms. The van der Waals surface area contributed by atoms with E-state index in [1.807, 2.05) is 35.2 Å². The van der Waals surface area contributed by atoms with Crippen LogP contribution in [0.3, 0.4) is 0 Å². The summed E-state index contributed by atoms with van der Waals surface area (Å²) in [6, 6.07) is 11.3. The largest absolute Gasteiger partial charge is 0.496 e. The van der Waals surface area contributed by atoms with Crippen LogP contribution in [0.15, 0.2) is 42.6 Å². The van der Waals surface area contributed by atoms with E-state index in [9.17, 15) is 9.90 Å². The van der Waals surface area contributed by atoms with Gasteiger partial charge in [-0.25, -0.2) is 0 Å². The second-order valence-corrected chi connectivity index (χ2v) is 6.29. The van der Waals surface area contributed by atoms with E-state index in [1.54, 1.807) is 19.4 Å². The summed E-state index contributed by atoms with van der Waals surface area (Å²) < 4.78 is 5.44. The quantitative estimate of drug-likeness (QED) is 0.908. The molecular weight excluding hydrogens is 316 g/mol. The van der Waals surface area contributed by atoms with E-state index < -0.39 is 0 Å². The fourth-order valence-corrected chi connectivity index (χ4v) is 3.45. The van der Waals surface area contributed by atoms with Crippen molar-refractivity contribution in [2.24, 2.45) is 0 Å². The highest BCUT2D eigenvalue weighted by molar-refractivity contribution is 5.96. The van der Waals surface area contributed by atoms with Gasteiger partial charge in [-0.3, -0.25) is 9.78 Å². The second kappa shape index (κ2) is 8.12.